The van der Waals surface area contributed by atoms with Crippen LogP contribution in [0.3, 0.4) is 0 Å². The van der Waals surface area contributed by atoms with Crippen molar-refractivity contribution < 1.29 is 18.3 Å². The highest BCUT2D eigenvalue weighted by Gasteiger charge is 2.23. The molecule has 0 amide bonds. The lowest BCUT2D eigenvalue weighted by molar-refractivity contribution is 0.108. The van der Waals surface area contributed by atoms with Crippen molar-refractivity contribution in [2.45, 2.75) is 39.5 Å². The molecule has 0 saturated heterocycles. The Morgan fingerprint density at radius 1 is 1.12 bits per heavy atom. The lowest BCUT2D eigenvalue weighted by Crippen LogP contribution is -2.11. The highest BCUT2D eigenvalue weighted by Crippen LogP contribution is 2.47. The van der Waals surface area contributed by atoms with Gasteiger partial charge in [-0.3, -0.25) is 4.57 Å². The van der Waals surface area contributed by atoms with Crippen LogP contribution in [0.2, 0.25) is 0 Å². The minimum atomic E-state index is -2.91. The molecule has 0 aromatic carbocycles. The molecular formula is C12H25O4P. The molecule has 17 heavy (non-hydrogen) atoms. The summed E-state index contributed by atoms with van der Waals surface area (Å²) < 4.78 is 28.0. The van der Waals surface area contributed by atoms with Crippen LogP contribution in [0.1, 0.15) is 39.5 Å². The van der Waals surface area contributed by atoms with Crippen molar-refractivity contribution in [3.63, 3.8) is 0 Å². The van der Waals surface area contributed by atoms with Crippen molar-refractivity contribution in [3.05, 3.63) is 0 Å². The van der Waals surface area contributed by atoms with E-state index in [-0.39, 0.29) is 0 Å². The normalized spacial score (nSPS) is 17.8. The van der Waals surface area contributed by atoms with Crippen LogP contribution in [0.25, 0.3) is 0 Å². The molecule has 1 fully saturated rings. The smallest absolute Gasteiger partial charge is 0.332 e. The van der Waals surface area contributed by atoms with Crippen molar-refractivity contribution in [1.82, 2.24) is 0 Å². The van der Waals surface area contributed by atoms with Gasteiger partial charge >= 0.3 is 7.60 Å². The molecule has 0 spiro atoms. The van der Waals surface area contributed by atoms with E-state index in [9.17, 15) is 4.57 Å². The Kier molecular flexibility index (Phi) is 7.36. The van der Waals surface area contributed by atoms with E-state index >= 15 is 0 Å². The summed E-state index contributed by atoms with van der Waals surface area (Å²) >= 11 is 0. The van der Waals surface area contributed by atoms with E-state index in [0.29, 0.717) is 31.9 Å². The fraction of sp³-hybridized carbons (Fsp3) is 1.00. The zero-order valence-electron chi connectivity index (χ0n) is 11.0. The molecule has 1 aliphatic rings. The van der Waals surface area contributed by atoms with Crippen LogP contribution in [0.5, 0.6) is 0 Å². The maximum absolute atomic E-state index is 12.1. The molecule has 0 aliphatic heterocycles. The van der Waals surface area contributed by atoms with Gasteiger partial charge in [0.05, 0.1) is 26.0 Å². The van der Waals surface area contributed by atoms with Crippen LogP contribution in [-0.2, 0) is 18.3 Å². The van der Waals surface area contributed by atoms with Crippen LogP contribution in [0, 0.1) is 5.92 Å². The van der Waals surface area contributed by atoms with Crippen LogP contribution >= 0.6 is 7.60 Å². The molecule has 0 heterocycles. The van der Waals surface area contributed by atoms with E-state index in [0.717, 1.165) is 6.61 Å². The summed E-state index contributed by atoms with van der Waals surface area (Å²) in [6.07, 6.45) is 5.55. The van der Waals surface area contributed by atoms with Crippen molar-refractivity contribution in [2.24, 2.45) is 5.92 Å². The maximum atomic E-state index is 12.1. The van der Waals surface area contributed by atoms with Gasteiger partial charge in [-0.05, 0) is 32.6 Å². The van der Waals surface area contributed by atoms with Crippen molar-refractivity contribution >= 4 is 7.60 Å². The average Bonchev–Trinajstić information content (AvgIpc) is 2.78. The van der Waals surface area contributed by atoms with Gasteiger partial charge < -0.3 is 13.8 Å². The SMILES string of the molecule is CCOP(=O)(CCOCC1CCCC1)OCC. The summed E-state index contributed by atoms with van der Waals surface area (Å²) in [6, 6.07) is 0. The van der Waals surface area contributed by atoms with Gasteiger partial charge in [0, 0.05) is 6.61 Å². The minimum Gasteiger partial charge on any atom is -0.380 e. The molecule has 4 nitrogen and oxygen atoms in total. The van der Waals surface area contributed by atoms with E-state index in [2.05, 4.69) is 0 Å². The summed E-state index contributed by atoms with van der Waals surface area (Å²) in [4.78, 5) is 0. The molecular weight excluding hydrogens is 239 g/mol. The average molecular weight is 264 g/mol. The Bertz CT molecular complexity index is 229. The molecule has 1 rings (SSSR count). The van der Waals surface area contributed by atoms with E-state index < -0.39 is 7.60 Å². The Hall–Kier alpha value is 0.110. The molecule has 0 unspecified atom stereocenters. The molecule has 0 N–H and O–H groups in total. The molecule has 0 aromatic heterocycles. The van der Waals surface area contributed by atoms with Crippen molar-refractivity contribution in [2.75, 3.05) is 32.6 Å². The maximum Gasteiger partial charge on any atom is 0.332 e. The minimum absolute atomic E-state index is 0.363. The number of hydrogen-bond acceptors (Lipinski definition) is 4. The van der Waals surface area contributed by atoms with Crippen LogP contribution in [0.15, 0.2) is 0 Å². The monoisotopic (exact) mass is 264 g/mol. The number of hydrogen-bond donors (Lipinski definition) is 0. The molecule has 0 atom stereocenters. The van der Waals surface area contributed by atoms with E-state index in [4.69, 9.17) is 13.8 Å². The van der Waals surface area contributed by atoms with Gasteiger partial charge in [0.2, 0.25) is 0 Å². The summed E-state index contributed by atoms with van der Waals surface area (Å²) in [5, 5.41) is 0. The lowest BCUT2D eigenvalue weighted by atomic mass is 10.1. The molecule has 1 saturated carbocycles. The van der Waals surface area contributed by atoms with Gasteiger partial charge in [-0.1, -0.05) is 12.8 Å². The van der Waals surface area contributed by atoms with Gasteiger partial charge in [-0.15, -0.1) is 0 Å². The Morgan fingerprint density at radius 2 is 1.71 bits per heavy atom. The van der Waals surface area contributed by atoms with E-state index in [1.165, 1.54) is 25.7 Å². The van der Waals surface area contributed by atoms with Gasteiger partial charge in [0.15, 0.2) is 0 Å². The second-order valence-electron chi connectivity index (χ2n) is 4.40. The quantitative estimate of drug-likeness (QED) is 0.472. The second-order valence-corrected chi connectivity index (χ2v) is 6.58. The first-order chi connectivity index (χ1) is 8.20. The Labute approximate surface area is 105 Å². The molecule has 0 bridgehead atoms. The fourth-order valence-corrected chi connectivity index (χ4v) is 3.64. The molecule has 5 heteroatoms. The van der Waals surface area contributed by atoms with Gasteiger partial charge in [-0.2, -0.15) is 0 Å². The Morgan fingerprint density at radius 3 is 2.24 bits per heavy atom. The van der Waals surface area contributed by atoms with Crippen molar-refractivity contribution in [3.8, 4) is 0 Å². The molecule has 0 aromatic rings. The Balaban J connectivity index is 2.15. The van der Waals surface area contributed by atoms with Gasteiger partial charge in [-0.25, -0.2) is 0 Å². The first kappa shape index (κ1) is 15.2. The predicted molar refractivity (Wildman–Crippen MR) is 68.5 cm³/mol. The summed E-state index contributed by atoms with van der Waals surface area (Å²) in [5.74, 6) is 0.702. The number of rotatable bonds is 9. The zero-order chi connectivity index (χ0) is 12.6. The first-order valence-electron chi connectivity index (χ1n) is 6.66. The molecule has 102 valence electrons. The van der Waals surface area contributed by atoms with Crippen LogP contribution < -0.4 is 0 Å². The summed E-state index contributed by atoms with van der Waals surface area (Å²) in [6.45, 7) is 5.74. The second kappa shape index (κ2) is 8.25. The van der Waals surface area contributed by atoms with E-state index in [1.54, 1.807) is 0 Å². The molecule has 0 radical (unpaired) electrons. The third-order valence-electron chi connectivity index (χ3n) is 2.99. The highest BCUT2D eigenvalue weighted by molar-refractivity contribution is 7.53. The topological polar surface area (TPSA) is 44.8 Å². The first-order valence-corrected chi connectivity index (χ1v) is 8.39. The van der Waals surface area contributed by atoms with E-state index in [1.807, 2.05) is 13.8 Å². The lowest BCUT2D eigenvalue weighted by Gasteiger charge is -2.17. The van der Waals surface area contributed by atoms with Crippen LogP contribution in [-0.4, -0.2) is 32.6 Å². The third kappa shape index (κ3) is 6.01. The number of ether oxygens (including phenoxy) is 1. The van der Waals surface area contributed by atoms with Crippen LogP contribution in [0.4, 0.5) is 0 Å². The largest absolute Gasteiger partial charge is 0.380 e. The standard InChI is InChI=1S/C12H25O4P/c1-3-15-17(13,16-4-2)10-9-14-11-12-7-5-6-8-12/h12H,3-11H2,1-2H3. The highest BCUT2D eigenvalue weighted by atomic mass is 31.2. The predicted octanol–water partition coefficient (Wildman–Crippen LogP) is 3.46. The third-order valence-corrected chi connectivity index (χ3v) is 5.02. The van der Waals surface area contributed by atoms with Gasteiger partial charge in [0.1, 0.15) is 0 Å². The summed E-state index contributed by atoms with van der Waals surface area (Å²) in [5.41, 5.74) is 0. The fourth-order valence-electron chi connectivity index (χ4n) is 2.16. The van der Waals surface area contributed by atoms with Gasteiger partial charge in [0.25, 0.3) is 0 Å². The molecule has 1 aliphatic carbocycles. The van der Waals surface area contributed by atoms with Crippen molar-refractivity contribution in [1.29, 1.82) is 0 Å². The zero-order valence-corrected chi connectivity index (χ0v) is 11.9. The summed E-state index contributed by atoms with van der Waals surface area (Å²) in [7, 11) is -2.91.